The topological polar surface area (TPSA) is 76.7 Å². The Labute approximate surface area is 163 Å². The van der Waals surface area contributed by atoms with Gasteiger partial charge in [-0.15, -0.1) is 0 Å². The molecule has 0 aliphatic rings. The van der Waals surface area contributed by atoms with Crippen molar-refractivity contribution in [2.24, 2.45) is 0 Å². The molecule has 2 aromatic rings. The molecule has 0 saturated carbocycles. The number of hydrogen-bond donors (Lipinski definition) is 2. The van der Waals surface area contributed by atoms with Gasteiger partial charge in [0.1, 0.15) is 0 Å². The summed E-state index contributed by atoms with van der Waals surface area (Å²) >= 11 is 5.98. The van der Waals surface area contributed by atoms with Gasteiger partial charge in [-0.05, 0) is 36.2 Å². The normalized spacial score (nSPS) is 10.2. The molecule has 0 bridgehead atoms. The minimum atomic E-state index is -0.264. The molecule has 2 amide bonds. The lowest BCUT2D eigenvalue weighted by Gasteiger charge is -2.10. The van der Waals surface area contributed by atoms with Gasteiger partial charge in [-0.25, -0.2) is 0 Å². The molecule has 144 valence electrons. The molecule has 0 unspecified atom stereocenters. The second-order valence-electron chi connectivity index (χ2n) is 5.78. The van der Waals surface area contributed by atoms with Gasteiger partial charge in [0.15, 0.2) is 11.5 Å². The summed E-state index contributed by atoms with van der Waals surface area (Å²) in [6.07, 6.45) is 0.923. The monoisotopic (exact) mass is 390 g/mol. The Morgan fingerprint density at radius 2 is 1.67 bits per heavy atom. The first-order chi connectivity index (χ1) is 13.0. The van der Waals surface area contributed by atoms with Crippen LogP contribution in [0.3, 0.4) is 0 Å². The van der Waals surface area contributed by atoms with Crippen LogP contribution in [0.5, 0.6) is 11.5 Å². The van der Waals surface area contributed by atoms with Crippen molar-refractivity contribution in [3.05, 3.63) is 58.6 Å². The number of halogens is 1. The molecular weight excluding hydrogens is 368 g/mol. The van der Waals surface area contributed by atoms with Crippen LogP contribution in [0.15, 0.2) is 42.5 Å². The molecule has 7 heteroatoms. The summed E-state index contributed by atoms with van der Waals surface area (Å²) in [5.41, 5.74) is 1.40. The number of aryl methyl sites for hydroxylation is 1. The molecule has 0 atom stereocenters. The predicted molar refractivity (Wildman–Crippen MR) is 105 cm³/mol. The third kappa shape index (κ3) is 6.18. The maximum absolute atomic E-state index is 12.0. The van der Waals surface area contributed by atoms with Crippen LogP contribution in [0, 0.1) is 0 Å². The Bertz CT molecular complexity index is 795. The maximum Gasteiger partial charge on any atom is 0.252 e. The Morgan fingerprint density at radius 1 is 0.963 bits per heavy atom. The number of benzene rings is 2. The summed E-state index contributed by atoms with van der Waals surface area (Å²) in [6, 6.07) is 12.4. The van der Waals surface area contributed by atoms with Crippen LogP contribution >= 0.6 is 11.6 Å². The van der Waals surface area contributed by atoms with Gasteiger partial charge in [0.25, 0.3) is 5.91 Å². The van der Waals surface area contributed by atoms with E-state index < -0.39 is 0 Å². The largest absolute Gasteiger partial charge is 0.493 e. The Hall–Kier alpha value is -2.73. The molecule has 27 heavy (non-hydrogen) atoms. The second-order valence-corrected chi connectivity index (χ2v) is 6.18. The predicted octanol–water partition coefficient (Wildman–Crippen LogP) is 2.84. The van der Waals surface area contributed by atoms with Crippen molar-refractivity contribution < 1.29 is 19.1 Å². The standard InChI is InChI=1S/C20H23ClN2O4/c1-26-17-9-7-14(13-18(17)27-2)8-10-19(24)22-11-12-23-20(25)15-5-3-4-6-16(15)21/h3-7,9,13H,8,10-12H2,1-2H3,(H,22,24)(H,23,25). The van der Waals surface area contributed by atoms with Crippen molar-refractivity contribution in [2.75, 3.05) is 27.3 Å². The van der Waals surface area contributed by atoms with Gasteiger partial charge >= 0.3 is 0 Å². The smallest absolute Gasteiger partial charge is 0.252 e. The summed E-state index contributed by atoms with van der Waals surface area (Å²) in [7, 11) is 3.15. The summed E-state index contributed by atoms with van der Waals surface area (Å²) < 4.78 is 10.4. The van der Waals surface area contributed by atoms with E-state index in [1.54, 1.807) is 38.5 Å². The fourth-order valence-electron chi connectivity index (χ4n) is 2.50. The third-order valence-corrected chi connectivity index (χ3v) is 4.27. The number of methoxy groups -OCH3 is 2. The third-order valence-electron chi connectivity index (χ3n) is 3.94. The van der Waals surface area contributed by atoms with E-state index in [4.69, 9.17) is 21.1 Å². The molecule has 0 heterocycles. The summed E-state index contributed by atoms with van der Waals surface area (Å²) in [4.78, 5) is 24.0. The van der Waals surface area contributed by atoms with E-state index in [9.17, 15) is 9.59 Å². The highest BCUT2D eigenvalue weighted by Gasteiger charge is 2.09. The molecule has 0 spiro atoms. The zero-order valence-corrected chi connectivity index (χ0v) is 16.1. The fourth-order valence-corrected chi connectivity index (χ4v) is 2.72. The van der Waals surface area contributed by atoms with Gasteiger partial charge in [-0.1, -0.05) is 29.8 Å². The lowest BCUT2D eigenvalue weighted by Crippen LogP contribution is -2.34. The molecule has 2 N–H and O–H groups in total. The fraction of sp³-hybridized carbons (Fsp3) is 0.300. The van der Waals surface area contributed by atoms with E-state index in [0.29, 0.717) is 48.0 Å². The second kappa shape index (κ2) is 10.4. The van der Waals surface area contributed by atoms with E-state index in [1.165, 1.54) is 0 Å². The van der Waals surface area contributed by atoms with Gasteiger partial charge in [0.2, 0.25) is 5.91 Å². The highest BCUT2D eigenvalue weighted by molar-refractivity contribution is 6.33. The molecule has 6 nitrogen and oxygen atoms in total. The average Bonchev–Trinajstić information content (AvgIpc) is 2.69. The zero-order chi connectivity index (χ0) is 19.6. The Morgan fingerprint density at radius 3 is 2.37 bits per heavy atom. The minimum Gasteiger partial charge on any atom is -0.493 e. The lowest BCUT2D eigenvalue weighted by atomic mass is 10.1. The van der Waals surface area contributed by atoms with Crippen LogP contribution < -0.4 is 20.1 Å². The molecule has 0 aliphatic heterocycles. The molecule has 2 rings (SSSR count). The minimum absolute atomic E-state index is 0.0863. The number of nitrogens with one attached hydrogen (secondary N) is 2. The molecule has 2 aromatic carbocycles. The van der Waals surface area contributed by atoms with Crippen LogP contribution in [0.1, 0.15) is 22.3 Å². The van der Waals surface area contributed by atoms with E-state index in [1.807, 2.05) is 18.2 Å². The highest BCUT2D eigenvalue weighted by Crippen LogP contribution is 2.27. The van der Waals surface area contributed by atoms with Crippen molar-refractivity contribution in [1.82, 2.24) is 10.6 Å². The van der Waals surface area contributed by atoms with E-state index in [2.05, 4.69) is 10.6 Å². The average molecular weight is 391 g/mol. The number of carbonyl (C=O) groups is 2. The lowest BCUT2D eigenvalue weighted by molar-refractivity contribution is -0.121. The van der Waals surface area contributed by atoms with Crippen molar-refractivity contribution in [3.63, 3.8) is 0 Å². The van der Waals surface area contributed by atoms with Gasteiger partial charge < -0.3 is 20.1 Å². The van der Waals surface area contributed by atoms with Crippen LogP contribution in [0.4, 0.5) is 0 Å². The molecular formula is C20H23ClN2O4. The van der Waals surface area contributed by atoms with Crippen LogP contribution in [-0.4, -0.2) is 39.1 Å². The van der Waals surface area contributed by atoms with E-state index in [-0.39, 0.29) is 11.8 Å². The maximum atomic E-state index is 12.0. The number of hydrogen-bond acceptors (Lipinski definition) is 4. The van der Waals surface area contributed by atoms with Gasteiger partial charge in [-0.3, -0.25) is 9.59 Å². The number of ether oxygens (including phenoxy) is 2. The molecule has 0 aliphatic carbocycles. The van der Waals surface area contributed by atoms with E-state index in [0.717, 1.165) is 5.56 Å². The van der Waals surface area contributed by atoms with Gasteiger partial charge in [-0.2, -0.15) is 0 Å². The first-order valence-electron chi connectivity index (χ1n) is 8.55. The quantitative estimate of drug-likeness (QED) is 0.645. The Balaban J connectivity index is 1.71. The van der Waals surface area contributed by atoms with E-state index >= 15 is 0 Å². The van der Waals surface area contributed by atoms with Gasteiger partial charge in [0.05, 0.1) is 24.8 Å². The van der Waals surface area contributed by atoms with Crippen molar-refractivity contribution in [1.29, 1.82) is 0 Å². The molecule has 0 radical (unpaired) electrons. The van der Waals surface area contributed by atoms with Crippen LogP contribution in [-0.2, 0) is 11.2 Å². The summed E-state index contributed by atoms with van der Waals surface area (Å²) in [5, 5.41) is 5.91. The first kappa shape index (κ1) is 20.6. The van der Waals surface area contributed by atoms with Crippen molar-refractivity contribution in [2.45, 2.75) is 12.8 Å². The van der Waals surface area contributed by atoms with Gasteiger partial charge in [0, 0.05) is 19.5 Å². The van der Waals surface area contributed by atoms with Crippen molar-refractivity contribution >= 4 is 23.4 Å². The molecule has 0 fully saturated rings. The number of carbonyl (C=O) groups excluding carboxylic acids is 2. The number of rotatable bonds is 9. The molecule has 0 aromatic heterocycles. The van der Waals surface area contributed by atoms with Crippen LogP contribution in [0.25, 0.3) is 0 Å². The summed E-state index contributed by atoms with van der Waals surface area (Å²) in [5.74, 6) is 0.939. The Kier molecular flexibility index (Phi) is 7.95. The summed E-state index contributed by atoms with van der Waals surface area (Å²) in [6.45, 7) is 0.674. The zero-order valence-electron chi connectivity index (χ0n) is 15.4. The van der Waals surface area contributed by atoms with Crippen molar-refractivity contribution in [3.8, 4) is 11.5 Å². The molecule has 0 saturated heterocycles. The SMILES string of the molecule is COc1ccc(CCC(=O)NCCNC(=O)c2ccccc2Cl)cc1OC. The number of amides is 2. The highest BCUT2D eigenvalue weighted by atomic mass is 35.5. The van der Waals surface area contributed by atoms with Crippen LogP contribution in [0.2, 0.25) is 5.02 Å². The first-order valence-corrected chi connectivity index (χ1v) is 8.93.